The number of hydrogen-bond donors (Lipinski definition) is 0. The van der Waals surface area contributed by atoms with Gasteiger partial charge in [0.15, 0.2) is 0 Å². The molecule has 0 heterocycles. The normalized spacial score (nSPS) is 11.3. The Morgan fingerprint density at radius 2 is 0.936 bits per heavy atom. The second-order valence-electron chi connectivity index (χ2n) is 8.79. The molecule has 0 atom stereocenters. The van der Waals surface area contributed by atoms with Crippen molar-refractivity contribution in [3.8, 4) is 5.75 Å². The molecule has 0 N–H and O–H groups in total. The van der Waals surface area contributed by atoms with E-state index in [0.717, 1.165) is 35.2 Å². The molecule has 5 aromatic rings. The summed E-state index contributed by atoms with van der Waals surface area (Å²) in [6.07, 6.45) is 0. The van der Waals surface area contributed by atoms with Crippen LogP contribution in [0.15, 0.2) is 144 Å². The first-order chi connectivity index (χ1) is 22.1. The van der Waals surface area contributed by atoms with Crippen LogP contribution in [0.3, 0.4) is 0 Å². The van der Waals surface area contributed by atoms with Crippen LogP contribution in [-0.4, -0.2) is 6.61 Å². The molecule has 5 rings (SSSR count). The van der Waals surface area contributed by atoms with Gasteiger partial charge in [0, 0.05) is 20.6 Å². The molecule has 13 nitrogen and oxygen atoms in total. The van der Waals surface area contributed by atoms with Crippen LogP contribution < -0.4 is 74.4 Å². The third kappa shape index (κ3) is 11.8. The number of rotatable bonds is 14. The molecule has 0 aliphatic rings. The van der Waals surface area contributed by atoms with Gasteiger partial charge in [0.05, 0.1) is 64.8 Å². The van der Waals surface area contributed by atoms with Gasteiger partial charge in [-0.3, -0.25) is 10.1 Å². The predicted molar refractivity (Wildman–Crippen MR) is 163 cm³/mol. The average Bonchev–Trinajstić information content (AvgIpc) is 3.09. The Labute approximate surface area is 322 Å². The molecule has 0 radical (unpaired) electrons. The first kappa shape index (κ1) is 38.9. The minimum Gasteiger partial charge on any atom is -0.691 e. The predicted octanol–water partition coefficient (Wildman–Crippen LogP) is 2.95. The van der Waals surface area contributed by atoms with Gasteiger partial charge in [0.25, 0.3) is 0 Å². The summed E-state index contributed by atoms with van der Waals surface area (Å²) in [7, 11) is 0. The van der Waals surface area contributed by atoms with Crippen molar-refractivity contribution in [2.75, 3.05) is 6.61 Å². The van der Waals surface area contributed by atoms with Crippen LogP contribution in [0.1, 0.15) is 6.92 Å². The summed E-state index contributed by atoms with van der Waals surface area (Å²) in [5, 5.41) is 54.7. The van der Waals surface area contributed by atoms with Crippen molar-refractivity contribution in [3.63, 3.8) is 0 Å². The molecule has 0 spiro atoms. The van der Waals surface area contributed by atoms with Crippen molar-refractivity contribution >= 4 is 69.0 Å². The Morgan fingerprint density at radius 3 is 1.45 bits per heavy atom. The number of fused-ring (bicyclic) bond motifs is 1. The Balaban J connectivity index is 0.00000300. The first-order valence-electron chi connectivity index (χ1n) is 13.2. The fourth-order valence-electron chi connectivity index (χ4n) is 3.90. The van der Waals surface area contributed by atoms with Gasteiger partial charge in [0.1, 0.15) is 5.75 Å². The maximum Gasteiger partial charge on any atom is 1.00 e. The van der Waals surface area contributed by atoms with E-state index in [1.54, 1.807) is 72.8 Å². The summed E-state index contributed by atoms with van der Waals surface area (Å²) in [5.74, 6) is 0.757. The molecule has 0 aliphatic carbocycles. The summed E-state index contributed by atoms with van der Waals surface area (Å²) in [6.45, 7) is 2.50. The van der Waals surface area contributed by atoms with Crippen molar-refractivity contribution in [1.29, 1.82) is 0 Å². The monoisotopic (exact) mass is 688 g/mol. The van der Waals surface area contributed by atoms with Gasteiger partial charge in [-0.2, -0.15) is 29.1 Å². The molecule has 0 saturated carbocycles. The Morgan fingerprint density at radius 1 is 0.511 bits per heavy atom. The van der Waals surface area contributed by atoms with Gasteiger partial charge in [-0.25, -0.2) is 0 Å². The topological polar surface area (TPSA) is 166 Å². The molecule has 0 unspecified atom stereocenters. The molecule has 47 heavy (non-hydrogen) atoms. The van der Waals surface area contributed by atoms with Gasteiger partial charge in [0.2, 0.25) is 0 Å². The Hall–Kier alpha value is -2.58. The number of nitrogens with zero attached hydrogens (tertiary/aromatic N) is 6. The van der Waals surface area contributed by atoms with E-state index in [0.29, 0.717) is 55.9 Å². The van der Waals surface area contributed by atoms with E-state index in [2.05, 4.69) is 49.4 Å². The zero-order valence-corrected chi connectivity index (χ0v) is 31.0. The first-order valence-corrected chi connectivity index (χ1v) is 14.6. The van der Waals surface area contributed by atoms with Gasteiger partial charge in [-0.1, -0.05) is 6.07 Å². The van der Waals surface area contributed by atoms with E-state index in [1.807, 2.05) is 37.3 Å². The van der Waals surface area contributed by atoms with Crippen LogP contribution in [0.2, 0.25) is 0 Å². The molecular formula is C30H22N6Na2O7S2. The fraction of sp³-hybridized carbons (Fsp3) is 0.0667. The molecule has 0 aliphatic heterocycles. The van der Waals surface area contributed by atoms with Crippen molar-refractivity contribution in [1.82, 2.24) is 0 Å². The SMILES string of the molecule is CCOc1ccc(N=Nc2ccc(N=Nc3ccc(N=Nc4ccc(SOO[O-])cc4)cc3)c3cc(SOO[O-])ccc23)cc1.[Na+].[Na+]. The van der Waals surface area contributed by atoms with Crippen LogP contribution in [0, 0.1) is 0 Å². The number of hydrogen-bond acceptors (Lipinski definition) is 15. The molecule has 228 valence electrons. The molecule has 17 heteroatoms. The number of ether oxygens (including phenoxy) is 1. The average molecular weight is 689 g/mol. The number of azo groups is 3. The van der Waals surface area contributed by atoms with Crippen molar-refractivity contribution in [3.05, 3.63) is 103 Å². The fourth-order valence-corrected chi connectivity index (χ4v) is 4.65. The van der Waals surface area contributed by atoms with E-state index in [4.69, 9.17) is 4.74 Å². The van der Waals surface area contributed by atoms with Crippen molar-refractivity contribution < 1.29 is 93.1 Å². The van der Waals surface area contributed by atoms with Crippen LogP contribution in [-0.2, 0) is 18.7 Å². The van der Waals surface area contributed by atoms with E-state index in [-0.39, 0.29) is 59.1 Å². The van der Waals surface area contributed by atoms with Crippen LogP contribution in [0.4, 0.5) is 34.1 Å². The Kier molecular flexibility index (Phi) is 17.1. The second-order valence-corrected chi connectivity index (χ2v) is 10.3. The van der Waals surface area contributed by atoms with Gasteiger partial charge < -0.3 is 15.3 Å². The third-order valence-corrected chi connectivity index (χ3v) is 7.08. The van der Waals surface area contributed by atoms with E-state index < -0.39 is 0 Å². The van der Waals surface area contributed by atoms with Crippen LogP contribution >= 0.6 is 24.1 Å². The van der Waals surface area contributed by atoms with Gasteiger partial charge >= 0.3 is 59.1 Å². The number of benzene rings is 5. The molecule has 0 aromatic heterocycles. The summed E-state index contributed by atoms with van der Waals surface area (Å²) >= 11 is 1.57. The standard InChI is InChI=1S/C30H24N6O7S2.2Na/c1-2-39-24-11-7-22(8-12-24)34-35-29-17-18-30(28-19-26(45-43-41-38)15-16-27(28)29)36-33-21-5-3-20(4-6-21)31-32-23-9-13-25(14-10-23)44-42-40-37;;/h3-19,37-38H,2H2,1H3;;/q;2*+1/p-2. The van der Waals surface area contributed by atoms with E-state index in [1.165, 1.54) is 0 Å². The van der Waals surface area contributed by atoms with E-state index >= 15 is 0 Å². The quantitative estimate of drug-likeness (QED) is 0.0561. The molecule has 0 fully saturated rings. The maximum absolute atomic E-state index is 10.4. The smallest absolute Gasteiger partial charge is 0.691 e. The molecule has 0 saturated heterocycles. The van der Waals surface area contributed by atoms with Gasteiger partial charge in [-0.05, 0) is 104 Å². The summed E-state index contributed by atoms with van der Waals surface area (Å²) in [4.78, 5) is 1.29. The zero-order valence-electron chi connectivity index (χ0n) is 25.4. The minimum atomic E-state index is 0. The maximum atomic E-state index is 10.4. The summed E-state index contributed by atoms with van der Waals surface area (Å²) in [6, 6.07) is 30.2. The molecule has 0 amide bonds. The molecular weight excluding hydrogens is 666 g/mol. The largest absolute Gasteiger partial charge is 1.00 e. The zero-order chi connectivity index (χ0) is 31.3. The third-order valence-electron chi connectivity index (χ3n) is 5.92. The molecule has 5 aromatic carbocycles. The molecule has 0 bridgehead atoms. The van der Waals surface area contributed by atoms with Crippen LogP contribution in [0.25, 0.3) is 10.8 Å². The minimum absolute atomic E-state index is 0. The van der Waals surface area contributed by atoms with Crippen molar-refractivity contribution in [2.45, 2.75) is 16.7 Å². The Bertz CT molecular complexity index is 1800. The second kappa shape index (κ2) is 20.7. The van der Waals surface area contributed by atoms with E-state index in [9.17, 15) is 10.5 Å². The summed E-state index contributed by atoms with van der Waals surface area (Å²) < 4.78 is 14.3. The van der Waals surface area contributed by atoms with Gasteiger partial charge in [-0.15, -0.1) is 10.2 Å². The van der Waals surface area contributed by atoms with Crippen molar-refractivity contribution in [2.24, 2.45) is 30.7 Å². The van der Waals surface area contributed by atoms with Crippen LogP contribution in [0.5, 0.6) is 5.75 Å². The summed E-state index contributed by atoms with van der Waals surface area (Å²) in [5.41, 5.74) is 3.67.